The molecule has 0 aliphatic heterocycles. The van der Waals surface area contributed by atoms with Crippen molar-refractivity contribution < 1.29 is 4.79 Å². The van der Waals surface area contributed by atoms with Crippen molar-refractivity contribution in [1.29, 1.82) is 0 Å². The maximum absolute atomic E-state index is 12.3. The van der Waals surface area contributed by atoms with Gasteiger partial charge >= 0.3 is 0 Å². The van der Waals surface area contributed by atoms with Gasteiger partial charge in [0.05, 0.1) is 4.99 Å². The zero-order chi connectivity index (χ0) is 12.3. The van der Waals surface area contributed by atoms with Crippen molar-refractivity contribution in [1.82, 2.24) is 4.90 Å². The van der Waals surface area contributed by atoms with Crippen LogP contribution in [0, 0.1) is 11.3 Å². The normalized spacial score (nSPS) is 20.4. The Morgan fingerprint density at radius 3 is 2.44 bits per heavy atom. The molecule has 0 aromatic heterocycles. The summed E-state index contributed by atoms with van der Waals surface area (Å²) in [6.45, 7) is 4.66. The first-order chi connectivity index (χ1) is 7.37. The Morgan fingerprint density at radius 1 is 1.50 bits per heavy atom. The van der Waals surface area contributed by atoms with Crippen LogP contribution in [0.15, 0.2) is 0 Å². The van der Waals surface area contributed by atoms with Crippen LogP contribution in [0.3, 0.4) is 0 Å². The zero-order valence-electron chi connectivity index (χ0n) is 10.5. The maximum atomic E-state index is 12.3. The van der Waals surface area contributed by atoms with Gasteiger partial charge in [0.1, 0.15) is 0 Å². The Labute approximate surface area is 103 Å². The fourth-order valence-electron chi connectivity index (χ4n) is 2.41. The van der Waals surface area contributed by atoms with Gasteiger partial charge in [0.15, 0.2) is 0 Å². The number of nitrogens with two attached hydrogens (primary N) is 1. The minimum absolute atomic E-state index is 0.0916. The molecule has 1 unspecified atom stereocenters. The molecule has 1 rings (SSSR count). The molecule has 0 radical (unpaired) electrons. The van der Waals surface area contributed by atoms with Crippen molar-refractivity contribution in [2.45, 2.75) is 39.5 Å². The summed E-state index contributed by atoms with van der Waals surface area (Å²) >= 11 is 4.93. The fraction of sp³-hybridized carbons (Fsp3) is 0.833. The summed E-state index contributed by atoms with van der Waals surface area (Å²) in [5.74, 6) is 0.335. The van der Waals surface area contributed by atoms with Crippen molar-refractivity contribution in [3.8, 4) is 0 Å². The standard InChI is InChI=1S/C12H22N2OS/c1-9(10(13)16)8-14(3)11(15)12(2)6-4-5-7-12/h9H,4-8H2,1-3H3,(H2,13,16). The van der Waals surface area contributed by atoms with Crippen molar-refractivity contribution in [3.05, 3.63) is 0 Å². The van der Waals surface area contributed by atoms with E-state index in [9.17, 15) is 4.79 Å². The molecule has 1 atom stereocenters. The molecule has 1 aliphatic rings. The highest BCUT2D eigenvalue weighted by atomic mass is 32.1. The van der Waals surface area contributed by atoms with Crippen LogP contribution in [-0.4, -0.2) is 29.4 Å². The third-order valence-electron chi connectivity index (χ3n) is 3.60. The van der Waals surface area contributed by atoms with Crippen LogP contribution >= 0.6 is 12.2 Å². The molecule has 0 heterocycles. The van der Waals surface area contributed by atoms with Crippen molar-refractivity contribution in [2.75, 3.05) is 13.6 Å². The quantitative estimate of drug-likeness (QED) is 0.766. The molecule has 1 saturated carbocycles. The van der Waals surface area contributed by atoms with Crippen LogP contribution in [-0.2, 0) is 4.79 Å². The third-order valence-corrected chi connectivity index (χ3v) is 4.01. The first-order valence-corrected chi connectivity index (χ1v) is 6.32. The van der Waals surface area contributed by atoms with Crippen molar-refractivity contribution in [2.24, 2.45) is 17.1 Å². The van der Waals surface area contributed by atoms with Gasteiger partial charge in [-0.1, -0.05) is 38.9 Å². The van der Waals surface area contributed by atoms with Crippen LogP contribution in [0.4, 0.5) is 0 Å². The minimum atomic E-state index is -0.148. The summed E-state index contributed by atoms with van der Waals surface area (Å²) < 4.78 is 0. The van der Waals surface area contributed by atoms with Crippen molar-refractivity contribution >= 4 is 23.1 Å². The van der Waals surface area contributed by atoms with E-state index in [1.54, 1.807) is 4.90 Å². The second kappa shape index (κ2) is 5.13. The Balaban J connectivity index is 2.56. The first-order valence-electron chi connectivity index (χ1n) is 5.92. The van der Waals surface area contributed by atoms with E-state index in [-0.39, 0.29) is 17.2 Å². The molecule has 0 saturated heterocycles. The van der Waals surface area contributed by atoms with E-state index >= 15 is 0 Å². The van der Waals surface area contributed by atoms with E-state index in [1.165, 1.54) is 12.8 Å². The Bertz CT molecular complexity index is 285. The topological polar surface area (TPSA) is 46.3 Å². The molecule has 0 aromatic carbocycles. The van der Waals surface area contributed by atoms with Crippen LogP contribution in [0.2, 0.25) is 0 Å². The van der Waals surface area contributed by atoms with Gasteiger partial charge in [0, 0.05) is 24.9 Å². The number of amides is 1. The minimum Gasteiger partial charge on any atom is -0.393 e. The zero-order valence-corrected chi connectivity index (χ0v) is 11.3. The summed E-state index contributed by atoms with van der Waals surface area (Å²) in [6.07, 6.45) is 4.36. The van der Waals surface area contributed by atoms with E-state index < -0.39 is 0 Å². The van der Waals surface area contributed by atoms with Crippen LogP contribution in [0.25, 0.3) is 0 Å². The molecule has 4 heteroatoms. The van der Waals surface area contributed by atoms with Crippen LogP contribution in [0.5, 0.6) is 0 Å². The number of hydrogen-bond acceptors (Lipinski definition) is 2. The lowest BCUT2D eigenvalue weighted by atomic mass is 9.87. The maximum Gasteiger partial charge on any atom is 0.228 e. The van der Waals surface area contributed by atoms with E-state index in [0.29, 0.717) is 11.5 Å². The van der Waals surface area contributed by atoms with E-state index in [2.05, 4.69) is 6.92 Å². The summed E-state index contributed by atoms with van der Waals surface area (Å²) in [5, 5.41) is 0. The van der Waals surface area contributed by atoms with Gasteiger partial charge in [0.2, 0.25) is 5.91 Å². The smallest absolute Gasteiger partial charge is 0.228 e. The summed E-state index contributed by atoms with van der Waals surface area (Å²) in [6, 6.07) is 0. The molecule has 0 aromatic rings. The lowest BCUT2D eigenvalue weighted by Gasteiger charge is -2.30. The molecular formula is C12H22N2OS. The molecule has 1 aliphatic carbocycles. The Hall–Kier alpha value is -0.640. The molecule has 2 N–H and O–H groups in total. The number of nitrogens with zero attached hydrogens (tertiary/aromatic N) is 1. The molecular weight excluding hydrogens is 220 g/mol. The molecule has 1 fully saturated rings. The highest BCUT2D eigenvalue weighted by Crippen LogP contribution is 2.38. The second-order valence-electron chi connectivity index (χ2n) is 5.26. The SMILES string of the molecule is CC(CN(C)C(=O)C1(C)CCCC1)C(N)=S. The largest absolute Gasteiger partial charge is 0.393 e. The summed E-state index contributed by atoms with van der Waals surface area (Å²) in [5.41, 5.74) is 5.42. The van der Waals surface area contributed by atoms with Gasteiger partial charge in [-0.2, -0.15) is 0 Å². The molecule has 0 spiro atoms. The van der Waals surface area contributed by atoms with Crippen LogP contribution < -0.4 is 5.73 Å². The highest BCUT2D eigenvalue weighted by molar-refractivity contribution is 7.80. The predicted octanol–water partition coefficient (Wildman–Crippen LogP) is 1.95. The number of carbonyl (C=O) groups excluding carboxylic acids is 1. The van der Waals surface area contributed by atoms with Gasteiger partial charge in [-0.05, 0) is 12.8 Å². The Kier molecular flexibility index (Phi) is 4.30. The monoisotopic (exact) mass is 242 g/mol. The van der Waals surface area contributed by atoms with Crippen LogP contribution in [0.1, 0.15) is 39.5 Å². The van der Waals surface area contributed by atoms with Gasteiger partial charge in [0.25, 0.3) is 0 Å². The summed E-state index contributed by atoms with van der Waals surface area (Å²) in [4.78, 5) is 14.5. The van der Waals surface area contributed by atoms with Crippen molar-refractivity contribution in [3.63, 3.8) is 0 Å². The highest BCUT2D eigenvalue weighted by Gasteiger charge is 2.38. The predicted molar refractivity (Wildman–Crippen MR) is 70.2 cm³/mol. The van der Waals surface area contributed by atoms with E-state index in [4.69, 9.17) is 18.0 Å². The van der Waals surface area contributed by atoms with E-state index in [0.717, 1.165) is 12.8 Å². The average molecular weight is 242 g/mol. The number of rotatable bonds is 4. The number of carbonyl (C=O) groups is 1. The second-order valence-corrected chi connectivity index (χ2v) is 5.73. The van der Waals surface area contributed by atoms with Gasteiger partial charge < -0.3 is 10.6 Å². The fourth-order valence-corrected chi connectivity index (χ4v) is 2.49. The van der Waals surface area contributed by atoms with Gasteiger partial charge in [-0.3, -0.25) is 4.79 Å². The molecule has 92 valence electrons. The number of hydrogen-bond donors (Lipinski definition) is 1. The van der Waals surface area contributed by atoms with Gasteiger partial charge in [-0.25, -0.2) is 0 Å². The lowest BCUT2D eigenvalue weighted by Crippen LogP contribution is -2.42. The third kappa shape index (κ3) is 2.94. The number of thiocarbonyl (C=S) groups is 1. The van der Waals surface area contributed by atoms with Gasteiger partial charge in [-0.15, -0.1) is 0 Å². The molecule has 1 amide bonds. The van der Waals surface area contributed by atoms with E-state index in [1.807, 2.05) is 14.0 Å². The average Bonchev–Trinajstić information content (AvgIpc) is 2.64. The molecule has 16 heavy (non-hydrogen) atoms. The first kappa shape index (κ1) is 13.4. The summed E-state index contributed by atoms with van der Waals surface area (Å²) in [7, 11) is 1.85. The molecule has 3 nitrogen and oxygen atoms in total. The molecule has 0 bridgehead atoms. The Morgan fingerprint density at radius 2 is 2.00 bits per heavy atom. The lowest BCUT2D eigenvalue weighted by molar-refractivity contribution is -0.139.